The molecular weight excluding hydrogens is 200 g/mol. The number of hydrogen-bond donors (Lipinski definition) is 1. The molecule has 1 fully saturated rings. The predicted octanol–water partition coefficient (Wildman–Crippen LogP) is 1.73. The molecule has 0 saturated heterocycles. The first kappa shape index (κ1) is 13.9. The Morgan fingerprint density at radius 1 is 1.25 bits per heavy atom. The summed E-state index contributed by atoms with van der Waals surface area (Å²) in [6, 6.07) is 0. The van der Waals surface area contributed by atoms with Crippen LogP contribution in [0.5, 0.6) is 0 Å². The van der Waals surface area contributed by atoms with Gasteiger partial charge in [-0.2, -0.15) is 0 Å². The van der Waals surface area contributed by atoms with Crippen molar-refractivity contribution < 1.29 is 4.74 Å². The molecule has 0 aromatic heterocycles. The van der Waals surface area contributed by atoms with Crippen molar-refractivity contribution in [2.75, 3.05) is 40.3 Å². The van der Waals surface area contributed by atoms with Crippen LogP contribution in [-0.4, -0.2) is 51.3 Å². The van der Waals surface area contributed by atoms with Crippen molar-refractivity contribution in [2.24, 2.45) is 5.92 Å². The highest BCUT2D eigenvalue weighted by atomic mass is 16.5. The summed E-state index contributed by atoms with van der Waals surface area (Å²) in [5.41, 5.74) is 0. The third-order valence-corrected chi connectivity index (χ3v) is 3.28. The van der Waals surface area contributed by atoms with E-state index >= 15 is 0 Å². The van der Waals surface area contributed by atoms with Crippen LogP contribution < -0.4 is 5.32 Å². The Balaban J connectivity index is 1.79. The molecule has 0 unspecified atom stereocenters. The van der Waals surface area contributed by atoms with E-state index in [0.29, 0.717) is 6.10 Å². The molecule has 0 aliphatic heterocycles. The molecule has 0 atom stereocenters. The minimum atomic E-state index is 0.573. The van der Waals surface area contributed by atoms with Crippen molar-refractivity contribution in [1.29, 1.82) is 0 Å². The van der Waals surface area contributed by atoms with Gasteiger partial charge in [0.25, 0.3) is 0 Å². The largest absolute Gasteiger partial charge is 0.378 e. The maximum absolute atomic E-state index is 5.55. The minimum absolute atomic E-state index is 0.573. The smallest absolute Gasteiger partial charge is 0.0580 e. The van der Waals surface area contributed by atoms with E-state index in [9.17, 15) is 0 Å². The van der Waals surface area contributed by atoms with Crippen LogP contribution in [0.25, 0.3) is 0 Å². The monoisotopic (exact) mass is 228 g/mol. The molecule has 0 heterocycles. The van der Waals surface area contributed by atoms with E-state index in [0.717, 1.165) is 19.1 Å². The lowest BCUT2D eigenvalue weighted by Crippen LogP contribution is -2.33. The first-order valence-corrected chi connectivity index (χ1v) is 6.69. The van der Waals surface area contributed by atoms with Gasteiger partial charge in [-0.3, -0.25) is 0 Å². The highest BCUT2D eigenvalue weighted by molar-refractivity contribution is 4.80. The van der Waals surface area contributed by atoms with E-state index in [4.69, 9.17) is 4.74 Å². The number of ether oxygens (including phenoxy) is 1. The summed E-state index contributed by atoms with van der Waals surface area (Å²) in [7, 11) is 4.25. The molecule has 0 amide bonds. The molecular formula is C13H28N2O. The molecule has 1 N–H and O–H groups in total. The maximum Gasteiger partial charge on any atom is 0.0580 e. The van der Waals surface area contributed by atoms with Gasteiger partial charge in [-0.1, -0.05) is 0 Å². The number of rotatable bonds is 9. The fourth-order valence-corrected chi connectivity index (χ4v) is 2.23. The average molecular weight is 228 g/mol. The van der Waals surface area contributed by atoms with Crippen molar-refractivity contribution in [2.45, 2.75) is 38.7 Å². The molecule has 1 aliphatic rings. The molecule has 1 saturated carbocycles. The Morgan fingerprint density at radius 2 is 2.00 bits per heavy atom. The molecule has 1 rings (SSSR count). The summed E-state index contributed by atoms with van der Waals surface area (Å²) in [4.78, 5) is 2.24. The summed E-state index contributed by atoms with van der Waals surface area (Å²) in [6.07, 6.45) is 5.72. The average Bonchev–Trinajstić information content (AvgIpc) is 2.18. The van der Waals surface area contributed by atoms with Crippen LogP contribution in [0.2, 0.25) is 0 Å². The van der Waals surface area contributed by atoms with Gasteiger partial charge in [0, 0.05) is 6.61 Å². The maximum atomic E-state index is 5.55. The summed E-state index contributed by atoms with van der Waals surface area (Å²) >= 11 is 0. The number of nitrogens with zero attached hydrogens (tertiary/aromatic N) is 1. The number of hydrogen-bond acceptors (Lipinski definition) is 3. The Kier molecular flexibility index (Phi) is 7.01. The highest BCUT2D eigenvalue weighted by Gasteiger charge is 2.28. The van der Waals surface area contributed by atoms with Crippen LogP contribution in [0, 0.1) is 5.92 Å². The normalized spacial score (nSPS) is 24.8. The molecule has 0 radical (unpaired) electrons. The van der Waals surface area contributed by atoms with E-state index in [1.54, 1.807) is 0 Å². The third kappa shape index (κ3) is 5.83. The van der Waals surface area contributed by atoms with Gasteiger partial charge in [-0.25, -0.2) is 0 Å². The van der Waals surface area contributed by atoms with Crippen molar-refractivity contribution >= 4 is 0 Å². The van der Waals surface area contributed by atoms with Crippen LogP contribution in [0.1, 0.15) is 32.6 Å². The SMILES string of the molecule is CCOC1CC(CCNCCCN(C)C)C1. The minimum Gasteiger partial charge on any atom is -0.378 e. The van der Waals surface area contributed by atoms with Crippen molar-refractivity contribution in [3.05, 3.63) is 0 Å². The molecule has 0 spiro atoms. The van der Waals surface area contributed by atoms with E-state index < -0.39 is 0 Å². The fourth-order valence-electron chi connectivity index (χ4n) is 2.23. The summed E-state index contributed by atoms with van der Waals surface area (Å²) in [6.45, 7) is 6.47. The Hall–Kier alpha value is -0.120. The van der Waals surface area contributed by atoms with Gasteiger partial charge >= 0.3 is 0 Å². The molecule has 16 heavy (non-hydrogen) atoms. The summed E-state index contributed by atoms with van der Waals surface area (Å²) in [5, 5.41) is 3.52. The van der Waals surface area contributed by atoms with Crippen molar-refractivity contribution in [3.8, 4) is 0 Å². The zero-order valence-corrected chi connectivity index (χ0v) is 11.2. The Morgan fingerprint density at radius 3 is 2.62 bits per heavy atom. The van der Waals surface area contributed by atoms with Gasteiger partial charge in [0.05, 0.1) is 6.10 Å². The van der Waals surface area contributed by atoms with Crippen LogP contribution in [-0.2, 0) is 4.74 Å². The van der Waals surface area contributed by atoms with Crippen LogP contribution >= 0.6 is 0 Å². The first-order chi connectivity index (χ1) is 7.72. The lowest BCUT2D eigenvalue weighted by Gasteiger charge is -2.35. The standard InChI is InChI=1S/C13H28N2O/c1-4-16-13-10-12(11-13)6-8-14-7-5-9-15(2)3/h12-14H,4-11H2,1-3H3. The third-order valence-electron chi connectivity index (χ3n) is 3.28. The number of nitrogens with one attached hydrogen (secondary N) is 1. The van der Waals surface area contributed by atoms with Gasteiger partial charge in [-0.15, -0.1) is 0 Å². The zero-order chi connectivity index (χ0) is 11.8. The van der Waals surface area contributed by atoms with Crippen LogP contribution in [0.15, 0.2) is 0 Å². The molecule has 1 aliphatic carbocycles. The van der Waals surface area contributed by atoms with Crippen LogP contribution in [0.4, 0.5) is 0 Å². The van der Waals surface area contributed by atoms with E-state index in [1.807, 2.05) is 0 Å². The van der Waals surface area contributed by atoms with Crippen LogP contribution in [0.3, 0.4) is 0 Å². The Labute approximate surface area is 101 Å². The predicted molar refractivity (Wildman–Crippen MR) is 68.8 cm³/mol. The molecule has 96 valence electrons. The molecule has 0 bridgehead atoms. The van der Waals surface area contributed by atoms with Gasteiger partial charge < -0.3 is 15.0 Å². The van der Waals surface area contributed by atoms with E-state index in [1.165, 1.54) is 38.8 Å². The van der Waals surface area contributed by atoms with E-state index in [-0.39, 0.29) is 0 Å². The van der Waals surface area contributed by atoms with Gasteiger partial charge in [0.2, 0.25) is 0 Å². The molecule has 0 aromatic carbocycles. The van der Waals surface area contributed by atoms with Crippen molar-refractivity contribution in [1.82, 2.24) is 10.2 Å². The first-order valence-electron chi connectivity index (χ1n) is 6.69. The lowest BCUT2D eigenvalue weighted by atomic mass is 9.80. The van der Waals surface area contributed by atoms with E-state index in [2.05, 4.69) is 31.2 Å². The fraction of sp³-hybridized carbons (Fsp3) is 1.00. The van der Waals surface area contributed by atoms with Crippen molar-refractivity contribution in [3.63, 3.8) is 0 Å². The molecule has 0 aromatic rings. The van der Waals surface area contributed by atoms with Gasteiger partial charge in [-0.05, 0) is 72.3 Å². The molecule has 3 nitrogen and oxygen atoms in total. The zero-order valence-electron chi connectivity index (χ0n) is 11.2. The second-order valence-corrected chi connectivity index (χ2v) is 5.11. The highest BCUT2D eigenvalue weighted by Crippen LogP contribution is 2.32. The summed E-state index contributed by atoms with van der Waals surface area (Å²) < 4.78 is 5.55. The lowest BCUT2D eigenvalue weighted by molar-refractivity contribution is -0.0262. The topological polar surface area (TPSA) is 24.5 Å². The van der Waals surface area contributed by atoms with Gasteiger partial charge in [0.15, 0.2) is 0 Å². The second kappa shape index (κ2) is 8.04. The quantitative estimate of drug-likeness (QED) is 0.608. The second-order valence-electron chi connectivity index (χ2n) is 5.11. The molecule has 3 heteroatoms. The Bertz CT molecular complexity index is 167. The van der Waals surface area contributed by atoms with Gasteiger partial charge in [0.1, 0.15) is 0 Å². The summed E-state index contributed by atoms with van der Waals surface area (Å²) in [5.74, 6) is 0.915.